The zero-order valence-electron chi connectivity index (χ0n) is 12.9. The minimum atomic E-state index is -0.120. The number of benzene rings is 2. The molecule has 0 spiro atoms. The molecule has 0 radical (unpaired) electrons. The number of methoxy groups -OCH3 is 1. The van der Waals surface area contributed by atoms with Gasteiger partial charge in [0, 0.05) is 18.2 Å². The van der Waals surface area contributed by atoms with Crippen LogP contribution in [-0.4, -0.2) is 24.4 Å². The van der Waals surface area contributed by atoms with Crippen LogP contribution in [0.3, 0.4) is 0 Å². The smallest absolute Gasteiger partial charge is 0.221 e. The molecule has 0 aliphatic carbocycles. The molecule has 1 amide bonds. The highest BCUT2D eigenvalue weighted by Gasteiger charge is 2.05. The molecule has 120 valence electrons. The van der Waals surface area contributed by atoms with Crippen molar-refractivity contribution in [2.45, 2.75) is 13.5 Å². The van der Waals surface area contributed by atoms with Gasteiger partial charge in [0.15, 0.2) is 0 Å². The Balaban J connectivity index is 2.07. The van der Waals surface area contributed by atoms with Gasteiger partial charge in [-0.15, -0.1) is 0 Å². The maximum absolute atomic E-state index is 11.0. The van der Waals surface area contributed by atoms with E-state index in [1.54, 1.807) is 43.5 Å². The van der Waals surface area contributed by atoms with Crippen LogP contribution in [-0.2, 0) is 11.4 Å². The first-order valence-electron chi connectivity index (χ1n) is 6.97. The number of rotatable bonds is 6. The lowest BCUT2D eigenvalue weighted by atomic mass is 10.1. The SMILES string of the molecule is COc1ccc(/C=N/O)cc1COc1ccc(NC(C)=O)cc1. The van der Waals surface area contributed by atoms with E-state index in [0.717, 1.165) is 11.1 Å². The number of nitrogens with zero attached hydrogens (tertiary/aromatic N) is 1. The van der Waals surface area contributed by atoms with Gasteiger partial charge in [0.2, 0.25) is 5.91 Å². The predicted molar refractivity (Wildman–Crippen MR) is 87.5 cm³/mol. The van der Waals surface area contributed by atoms with E-state index >= 15 is 0 Å². The number of anilines is 1. The number of oxime groups is 1. The third-order valence-corrected chi connectivity index (χ3v) is 3.08. The zero-order chi connectivity index (χ0) is 16.7. The molecule has 0 heterocycles. The van der Waals surface area contributed by atoms with E-state index in [9.17, 15) is 4.79 Å². The minimum Gasteiger partial charge on any atom is -0.496 e. The Morgan fingerprint density at radius 1 is 1.26 bits per heavy atom. The van der Waals surface area contributed by atoms with E-state index < -0.39 is 0 Å². The normalized spacial score (nSPS) is 10.5. The molecule has 2 N–H and O–H groups in total. The summed E-state index contributed by atoms with van der Waals surface area (Å²) in [5, 5.41) is 14.3. The highest BCUT2D eigenvalue weighted by molar-refractivity contribution is 5.88. The lowest BCUT2D eigenvalue weighted by molar-refractivity contribution is -0.114. The second-order valence-corrected chi connectivity index (χ2v) is 4.81. The van der Waals surface area contributed by atoms with Gasteiger partial charge in [-0.1, -0.05) is 5.16 Å². The van der Waals surface area contributed by atoms with Crippen LogP contribution in [0.1, 0.15) is 18.1 Å². The van der Waals surface area contributed by atoms with Crippen molar-refractivity contribution in [3.63, 3.8) is 0 Å². The second-order valence-electron chi connectivity index (χ2n) is 4.81. The molecule has 0 bridgehead atoms. The summed E-state index contributed by atoms with van der Waals surface area (Å²) in [7, 11) is 1.58. The number of carbonyl (C=O) groups is 1. The van der Waals surface area contributed by atoms with Crippen LogP contribution in [0.2, 0.25) is 0 Å². The van der Waals surface area contributed by atoms with Crippen molar-refractivity contribution in [3.05, 3.63) is 53.6 Å². The summed E-state index contributed by atoms with van der Waals surface area (Å²) in [4.78, 5) is 11.0. The van der Waals surface area contributed by atoms with Crippen LogP contribution in [0, 0.1) is 0 Å². The molecule has 6 heteroatoms. The number of hydrogen-bond acceptors (Lipinski definition) is 5. The van der Waals surface area contributed by atoms with Gasteiger partial charge in [-0.2, -0.15) is 0 Å². The molecule has 2 aromatic carbocycles. The second kappa shape index (κ2) is 7.84. The van der Waals surface area contributed by atoms with E-state index in [1.807, 2.05) is 6.07 Å². The van der Waals surface area contributed by atoms with Crippen LogP contribution in [0.25, 0.3) is 0 Å². The first-order valence-corrected chi connectivity index (χ1v) is 6.97. The molecular formula is C17H18N2O4. The van der Waals surface area contributed by atoms with E-state index in [-0.39, 0.29) is 5.91 Å². The molecular weight excluding hydrogens is 296 g/mol. The summed E-state index contributed by atoms with van der Waals surface area (Å²) in [5.74, 6) is 1.24. The number of amides is 1. The third kappa shape index (κ3) is 4.74. The molecule has 2 rings (SSSR count). The van der Waals surface area contributed by atoms with Crippen molar-refractivity contribution < 1.29 is 19.5 Å². The van der Waals surface area contributed by atoms with Crippen LogP contribution >= 0.6 is 0 Å². The van der Waals surface area contributed by atoms with Gasteiger partial charge < -0.3 is 20.0 Å². The van der Waals surface area contributed by atoms with Crippen LogP contribution in [0.15, 0.2) is 47.6 Å². The Labute approximate surface area is 134 Å². The van der Waals surface area contributed by atoms with Crippen LogP contribution in [0.5, 0.6) is 11.5 Å². The molecule has 2 aromatic rings. The maximum atomic E-state index is 11.0. The molecule has 0 atom stereocenters. The van der Waals surface area contributed by atoms with Crippen LogP contribution < -0.4 is 14.8 Å². The van der Waals surface area contributed by atoms with Crippen molar-refractivity contribution in [3.8, 4) is 11.5 Å². The summed E-state index contributed by atoms with van der Waals surface area (Å²) in [6.45, 7) is 1.76. The highest BCUT2D eigenvalue weighted by atomic mass is 16.5. The fourth-order valence-corrected chi connectivity index (χ4v) is 2.06. The van der Waals surface area contributed by atoms with Gasteiger partial charge >= 0.3 is 0 Å². The number of ether oxygens (including phenoxy) is 2. The molecule has 0 aromatic heterocycles. The van der Waals surface area contributed by atoms with Gasteiger partial charge in [-0.05, 0) is 48.0 Å². The molecule has 0 aliphatic rings. The lowest BCUT2D eigenvalue weighted by Gasteiger charge is -2.11. The maximum Gasteiger partial charge on any atom is 0.221 e. The average molecular weight is 314 g/mol. The largest absolute Gasteiger partial charge is 0.496 e. The number of carbonyl (C=O) groups excluding carboxylic acids is 1. The molecule has 0 fully saturated rings. The topological polar surface area (TPSA) is 80.2 Å². The van der Waals surface area contributed by atoms with Crippen molar-refractivity contribution in [2.24, 2.45) is 5.16 Å². The predicted octanol–water partition coefficient (Wildman–Crippen LogP) is 3.04. The monoisotopic (exact) mass is 314 g/mol. The van der Waals surface area contributed by atoms with Gasteiger partial charge in [-0.3, -0.25) is 4.79 Å². The van der Waals surface area contributed by atoms with Crippen LogP contribution in [0.4, 0.5) is 5.69 Å². The van der Waals surface area contributed by atoms with E-state index in [2.05, 4.69) is 10.5 Å². The number of nitrogens with one attached hydrogen (secondary N) is 1. The summed E-state index contributed by atoms with van der Waals surface area (Å²) in [6, 6.07) is 12.5. The average Bonchev–Trinajstić information content (AvgIpc) is 2.54. The first-order chi connectivity index (χ1) is 11.1. The molecule has 0 aliphatic heterocycles. The fraction of sp³-hybridized carbons (Fsp3) is 0.176. The van der Waals surface area contributed by atoms with E-state index in [0.29, 0.717) is 23.8 Å². The molecule has 0 unspecified atom stereocenters. The van der Waals surface area contributed by atoms with Gasteiger partial charge in [0.25, 0.3) is 0 Å². The Hall–Kier alpha value is -3.02. The summed E-state index contributed by atoms with van der Waals surface area (Å²) < 4.78 is 11.0. The molecule has 23 heavy (non-hydrogen) atoms. The van der Waals surface area contributed by atoms with Crippen molar-refractivity contribution in [1.29, 1.82) is 0 Å². The van der Waals surface area contributed by atoms with Gasteiger partial charge in [-0.25, -0.2) is 0 Å². The minimum absolute atomic E-state index is 0.120. The van der Waals surface area contributed by atoms with E-state index in [4.69, 9.17) is 14.7 Å². The van der Waals surface area contributed by atoms with Crippen molar-refractivity contribution in [1.82, 2.24) is 0 Å². The van der Waals surface area contributed by atoms with E-state index in [1.165, 1.54) is 13.1 Å². The van der Waals surface area contributed by atoms with Crippen molar-refractivity contribution >= 4 is 17.8 Å². The summed E-state index contributed by atoms with van der Waals surface area (Å²) in [5.41, 5.74) is 2.28. The Morgan fingerprint density at radius 3 is 2.61 bits per heavy atom. The number of hydrogen-bond donors (Lipinski definition) is 2. The zero-order valence-corrected chi connectivity index (χ0v) is 12.9. The third-order valence-electron chi connectivity index (χ3n) is 3.08. The lowest BCUT2D eigenvalue weighted by Crippen LogP contribution is -2.05. The molecule has 0 saturated carbocycles. The summed E-state index contributed by atoms with van der Waals surface area (Å²) >= 11 is 0. The summed E-state index contributed by atoms with van der Waals surface area (Å²) in [6.07, 6.45) is 1.34. The first kappa shape index (κ1) is 16.4. The molecule has 0 saturated heterocycles. The Bertz CT molecular complexity index is 696. The Morgan fingerprint density at radius 2 is 2.00 bits per heavy atom. The highest BCUT2D eigenvalue weighted by Crippen LogP contribution is 2.22. The standard InChI is InChI=1S/C17H18N2O4/c1-12(20)19-15-4-6-16(7-5-15)23-11-14-9-13(10-18-21)3-8-17(14)22-2/h3-10,21H,11H2,1-2H3,(H,19,20)/b18-10+. The van der Waals surface area contributed by atoms with Gasteiger partial charge in [0.05, 0.1) is 13.3 Å². The van der Waals surface area contributed by atoms with Crippen molar-refractivity contribution in [2.75, 3.05) is 12.4 Å². The fourth-order valence-electron chi connectivity index (χ4n) is 2.06. The van der Waals surface area contributed by atoms with Gasteiger partial charge in [0.1, 0.15) is 18.1 Å². The Kier molecular flexibility index (Phi) is 5.57. The quantitative estimate of drug-likeness (QED) is 0.488. The molecule has 6 nitrogen and oxygen atoms in total.